The molecule has 2 unspecified atom stereocenters. The maximum Gasteiger partial charge on any atom is 0.204 e. The summed E-state index contributed by atoms with van der Waals surface area (Å²) in [6.45, 7) is 4.56. The van der Waals surface area contributed by atoms with Crippen molar-refractivity contribution in [2.24, 2.45) is 11.1 Å². The van der Waals surface area contributed by atoms with Crippen LogP contribution in [-0.4, -0.2) is 12.3 Å². The van der Waals surface area contributed by atoms with E-state index in [1.807, 2.05) is 0 Å². The Bertz CT molecular complexity index is 375. The SMILES string of the molecule is CCC1(CCl)CC1(CC)c1ccccc1.NC=O. The minimum Gasteiger partial charge on any atom is -0.372 e. The Morgan fingerprint density at radius 1 is 1.28 bits per heavy atom. The Kier molecular flexibility index (Phi) is 5.21. The summed E-state index contributed by atoms with van der Waals surface area (Å²) in [6.07, 6.45) is 3.91. The number of amides is 1. The molecule has 2 atom stereocenters. The van der Waals surface area contributed by atoms with Crippen molar-refractivity contribution in [2.45, 2.75) is 38.5 Å². The Hall–Kier alpha value is -1.02. The number of primary amides is 1. The zero-order valence-electron chi connectivity index (χ0n) is 11.2. The van der Waals surface area contributed by atoms with Crippen LogP contribution < -0.4 is 5.73 Å². The summed E-state index contributed by atoms with van der Waals surface area (Å²) in [4.78, 5) is 8.58. The van der Waals surface area contributed by atoms with E-state index in [1.54, 1.807) is 0 Å². The molecule has 1 fully saturated rings. The zero-order valence-corrected chi connectivity index (χ0v) is 11.9. The molecule has 1 aromatic carbocycles. The lowest BCUT2D eigenvalue weighted by Crippen LogP contribution is -2.18. The minimum atomic E-state index is 0.250. The lowest BCUT2D eigenvalue weighted by molar-refractivity contribution is -0.106. The molecule has 0 aromatic heterocycles. The van der Waals surface area contributed by atoms with E-state index in [1.165, 1.54) is 24.8 Å². The van der Waals surface area contributed by atoms with Gasteiger partial charge in [-0.3, -0.25) is 4.79 Å². The molecule has 2 nitrogen and oxygen atoms in total. The third kappa shape index (κ3) is 2.39. The van der Waals surface area contributed by atoms with Crippen LogP contribution in [0.5, 0.6) is 0 Å². The molecule has 1 amide bonds. The van der Waals surface area contributed by atoms with Gasteiger partial charge in [-0.1, -0.05) is 44.2 Å². The molecular formula is C15H22ClNO. The number of hydrogen-bond donors (Lipinski definition) is 1. The predicted octanol–water partition coefficient (Wildman–Crippen LogP) is 3.47. The van der Waals surface area contributed by atoms with Crippen LogP contribution >= 0.6 is 11.6 Å². The van der Waals surface area contributed by atoms with Crippen LogP contribution in [0.1, 0.15) is 38.7 Å². The highest BCUT2D eigenvalue weighted by Crippen LogP contribution is 2.68. The monoisotopic (exact) mass is 267 g/mol. The highest BCUT2D eigenvalue weighted by Gasteiger charge is 2.64. The van der Waals surface area contributed by atoms with Gasteiger partial charge in [-0.05, 0) is 30.2 Å². The second-order valence-corrected chi connectivity index (χ2v) is 5.15. The predicted molar refractivity (Wildman–Crippen MR) is 76.7 cm³/mol. The van der Waals surface area contributed by atoms with Crippen molar-refractivity contribution >= 4 is 18.0 Å². The molecule has 0 saturated heterocycles. The van der Waals surface area contributed by atoms with Gasteiger partial charge in [0.1, 0.15) is 0 Å². The third-order valence-corrected chi connectivity index (χ3v) is 4.90. The molecule has 0 aliphatic heterocycles. The molecule has 0 bridgehead atoms. The number of benzene rings is 1. The van der Waals surface area contributed by atoms with E-state index in [4.69, 9.17) is 16.4 Å². The molecule has 100 valence electrons. The topological polar surface area (TPSA) is 43.1 Å². The Morgan fingerprint density at radius 2 is 1.83 bits per heavy atom. The molecule has 0 heterocycles. The highest BCUT2D eigenvalue weighted by atomic mass is 35.5. The standard InChI is InChI=1S/C14H19Cl.CH3NO/c1-3-13(11-15)10-14(13,4-2)12-8-6-5-7-9-12;2-1-3/h5-9H,3-4,10-11H2,1-2H3;1H,(H2,2,3). The van der Waals surface area contributed by atoms with Gasteiger partial charge in [0, 0.05) is 11.3 Å². The molecule has 3 heteroatoms. The second-order valence-electron chi connectivity index (χ2n) is 4.88. The lowest BCUT2D eigenvalue weighted by Gasteiger charge is -2.22. The van der Waals surface area contributed by atoms with Crippen molar-refractivity contribution in [2.75, 3.05) is 5.88 Å². The Labute approximate surface area is 115 Å². The van der Waals surface area contributed by atoms with Crippen LogP contribution in [-0.2, 0) is 10.2 Å². The van der Waals surface area contributed by atoms with Crippen LogP contribution in [0.15, 0.2) is 30.3 Å². The van der Waals surface area contributed by atoms with E-state index in [0.717, 1.165) is 5.88 Å². The first-order valence-electron chi connectivity index (χ1n) is 6.43. The maximum absolute atomic E-state index is 8.58. The zero-order chi connectivity index (χ0) is 13.6. The lowest BCUT2D eigenvalue weighted by atomic mass is 9.83. The van der Waals surface area contributed by atoms with Gasteiger partial charge in [0.15, 0.2) is 0 Å². The van der Waals surface area contributed by atoms with Gasteiger partial charge in [0.05, 0.1) is 0 Å². The van der Waals surface area contributed by atoms with Gasteiger partial charge in [-0.15, -0.1) is 11.6 Å². The Morgan fingerprint density at radius 3 is 2.17 bits per heavy atom. The normalized spacial score (nSPS) is 29.1. The summed E-state index contributed by atoms with van der Waals surface area (Å²) in [5.41, 5.74) is 6.38. The molecule has 1 aliphatic rings. The van der Waals surface area contributed by atoms with Crippen molar-refractivity contribution in [3.63, 3.8) is 0 Å². The van der Waals surface area contributed by atoms with E-state index in [2.05, 4.69) is 49.9 Å². The molecular weight excluding hydrogens is 246 g/mol. The number of alkyl halides is 1. The van der Waals surface area contributed by atoms with Crippen molar-refractivity contribution in [3.8, 4) is 0 Å². The van der Waals surface area contributed by atoms with Crippen molar-refractivity contribution in [1.29, 1.82) is 0 Å². The van der Waals surface area contributed by atoms with Crippen LogP contribution in [0.25, 0.3) is 0 Å². The molecule has 2 N–H and O–H groups in total. The van der Waals surface area contributed by atoms with Gasteiger partial charge in [-0.2, -0.15) is 0 Å². The molecule has 2 rings (SSSR count). The highest BCUT2D eigenvalue weighted by molar-refractivity contribution is 6.18. The maximum atomic E-state index is 8.58. The van der Waals surface area contributed by atoms with Crippen LogP contribution in [0.2, 0.25) is 0 Å². The Balaban J connectivity index is 0.000000492. The second kappa shape index (κ2) is 6.24. The van der Waals surface area contributed by atoms with Crippen molar-refractivity contribution in [1.82, 2.24) is 0 Å². The number of carbonyl (C=O) groups is 1. The van der Waals surface area contributed by atoms with Gasteiger partial charge in [0.25, 0.3) is 0 Å². The van der Waals surface area contributed by atoms with Crippen molar-refractivity contribution < 1.29 is 4.79 Å². The quantitative estimate of drug-likeness (QED) is 0.659. The summed E-state index contributed by atoms with van der Waals surface area (Å²) in [6, 6.07) is 10.9. The number of carbonyl (C=O) groups excluding carboxylic acids is 1. The van der Waals surface area contributed by atoms with Gasteiger partial charge < -0.3 is 5.73 Å². The third-order valence-electron chi connectivity index (χ3n) is 4.39. The van der Waals surface area contributed by atoms with E-state index in [-0.39, 0.29) is 6.41 Å². The first-order valence-corrected chi connectivity index (χ1v) is 6.96. The van der Waals surface area contributed by atoms with E-state index in [0.29, 0.717) is 10.8 Å². The summed E-state index contributed by atoms with van der Waals surface area (Å²) < 4.78 is 0. The fourth-order valence-corrected chi connectivity index (χ4v) is 3.68. The van der Waals surface area contributed by atoms with Gasteiger partial charge >= 0.3 is 0 Å². The van der Waals surface area contributed by atoms with E-state index in [9.17, 15) is 0 Å². The van der Waals surface area contributed by atoms with Gasteiger partial charge in [0.2, 0.25) is 6.41 Å². The summed E-state index contributed by atoms with van der Waals surface area (Å²) in [5.74, 6) is 0.798. The average molecular weight is 268 g/mol. The summed E-state index contributed by atoms with van der Waals surface area (Å²) in [5, 5.41) is 0. The molecule has 0 spiro atoms. The summed E-state index contributed by atoms with van der Waals surface area (Å²) >= 11 is 6.17. The number of nitrogens with two attached hydrogens (primary N) is 1. The van der Waals surface area contributed by atoms with Crippen LogP contribution in [0, 0.1) is 5.41 Å². The molecule has 18 heavy (non-hydrogen) atoms. The van der Waals surface area contributed by atoms with Crippen molar-refractivity contribution in [3.05, 3.63) is 35.9 Å². The minimum absolute atomic E-state index is 0.250. The number of hydrogen-bond acceptors (Lipinski definition) is 1. The number of halogens is 1. The van der Waals surface area contributed by atoms with E-state index < -0.39 is 0 Å². The summed E-state index contributed by atoms with van der Waals surface area (Å²) in [7, 11) is 0. The number of rotatable bonds is 4. The van der Waals surface area contributed by atoms with Crippen LogP contribution in [0.4, 0.5) is 0 Å². The molecule has 0 radical (unpaired) electrons. The largest absolute Gasteiger partial charge is 0.372 e. The van der Waals surface area contributed by atoms with Crippen LogP contribution in [0.3, 0.4) is 0 Å². The molecule has 1 aliphatic carbocycles. The first-order chi connectivity index (χ1) is 8.66. The smallest absolute Gasteiger partial charge is 0.204 e. The average Bonchev–Trinajstić information content (AvgIpc) is 3.11. The molecule has 1 saturated carbocycles. The van der Waals surface area contributed by atoms with E-state index >= 15 is 0 Å². The molecule has 1 aromatic rings. The first kappa shape index (κ1) is 15.0. The fourth-order valence-electron chi connectivity index (χ4n) is 3.14. The van der Waals surface area contributed by atoms with Gasteiger partial charge in [-0.25, -0.2) is 0 Å². The fraction of sp³-hybridized carbons (Fsp3) is 0.533.